The summed E-state index contributed by atoms with van der Waals surface area (Å²) >= 11 is 0. The fraction of sp³-hybridized carbons (Fsp3) is 0.381. The summed E-state index contributed by atoms with van der Waals surface area (Å²) in [5, 5.41) is 2.90. The molecule has 0 unspecified atom stereocenters. The van der Waals surface area contributed by atoms with E-state index in [1.54, 1.807) is 18.2 Å². The summed E-state index contributed by atoms with van der Waals surface area (Å²) in [5.41, 5.74) is 3.52. The van der Waals surface area contributed by atoms with E-state index >= 15 is 0 Å². The molecule has 156 valence electrons. The van der Waals surface area contributed by atoms with Gasteiger partial charge in [-0.25, -0.2) is 8.42 Å². The normalized spacial score (nSPS) is 14.2. The van der Waals surface area contributed by atoms with Gasteiger partial charge >= 0.3 is 0 Å². The van der Waals surface area contributed by atoms with Gasteiger partial charge in [-0.1, -0.05) is 23.8 Å². The van der Waals surface area contributed by atoms with Crippen molar-refractivity contribution in [2.45, 2.75) is 26.8 Å². The standard InChI is InChI=1S/C21H26N2O5S/c1-14-5-6-15(2)18(11-14)16(3)22-21(24)13-23(29(4,25)26)17-7-8-19-20(12-17)28-10-9-27-19/h5-8,11-12,16H,9-10,13H2,1-4H3,(H,22,24)/t16-/m1/s1. The summed E-state index contributed by atoms with van der Waals surface area (Å²) in [6, 6.07) is 10.6. The van der Waals surface area contributed by atoms with Gasteiger partial charge in [-0.3, -0.25) is 9.10 Å². The Morgan fingerprint density at radius 2 is 1.79 bits per heavy atom. The summed E-state index contributed by atoms with van der Waals surface area (Å²) < 4.78 is 36.8. The number of amides is 1. The van der Waals surface area contributed by atoms with Crippen molar-refractivity contribution in [3.8, 4) is 11.5 Å². The van der Waals surface area contributed by atoms with E-state index in [4.69, 9.17) is 9.47 Å². The minimum absolute atomic E-state index is 0.246. The van der Waals surface area contributed by atoms with Crippen molar-refractivity contribution < 1.29 is 22.7 Å². The van der Waals surface area contributed by atoms with Gasteiger partial charge in [0.05, 0.1) is 18.0 Å². The molecule has 7 nitrogen and oxygen atoms in total. The summed E-state index contributed by atoms with van der Waals surface area (Å²) in [4.78, 5) is 12.7. The molecule has 0 radical (unpaired) electrons. The second-order valence-corrected chi connectivity index (χ2v) is 9.15. The predicted molar refractivity (Wildman–Crippen MR) is 112 cm³/mol. The summed E-state index contributed by atoms with van der Waals surface area (Å²) in [5.74, 6) is 0.631. The van der Waals surface area contributed by atoms with Crippen LogP contribution in [0.5, 0.6) is 11.5 Å². The van der Waals surface area contributed by atoms with Crippen LogP contribution in [0.3, 0.4) is 0 Å². The molecule has 1 amide bonds. The lowest BCUT2D eigenvalue weighted by atomic mass is 10.00. The Kier molecular flexibility index (Phi) is 6.02. The van der Waals surface area contributed by atoms with Gasteiger partial charge in [0.2, 0.25) is 15.9 Å². The van der Waals surface area contributed by atoms with Gasteiger partial charge in [-0.05, 0) is 44.0 Å². The Balaban J connectivity index is 1.79. The fourth-order valence-corrected chi connectivity index (χ4v) is 4.16. The maximum Gasteiger partial charge on any atom is 0.241 e. The number of nitrogens with zero attached hydrogens (tertiary/aromatic N) is 1. The molecule has 3 rings (SSSR count). The molecule has 2 aromatic rings. The first-order valence-corrected chi connectivity index (χ1v) is 11.2. The molecule has 0 spiro atoms. The molecule has 1 aliphatic rings. The number of carbonyl (C=O) groups excluding carboxylic acids is 1. The number of benzene rings is 2. The number of hydrogen-bond acceptors (Lipinski definition) is 5. The van der Waals surface area contributed by atoms with E-state index in [0.29, 0.717) is 30.4 Å². The number of carbonyl (C=O) groups is 1. The van der Waals surface area contributed by atoms with Crippen LogP contribution in [0.4, 0.5) is 5.69 Å². The van der Waals surface area contributed by atoms with Crippen molar-refractivity contribution in [1.82, 2.24) is 5.32 Å². The number of anilines is 1. The van der Waals surface area contributed by atoms with Crippen molar-refractivity contribution in [3.63, 3.8) is 0 Å². The number of rotatable bonds is 6. The van der Waals surface area contributed by atoms with Crippen molar-refractivity contribution in [1.29, 1.82) is 0 Å². The zero-order chi connectivity index (χ0) is 21.2. The van der Waals surface area contributed by atoms with Crippen molar-refractivity contribution >= 4 is 21.6 Å². The van der Waals surface area contributed by atoms with Gasteiger partial charge in [0.25, 0.3) is 0 Å². The third-order valence-electron chi connectivity index (χ3n) is 4.78. The van der Waals surface area contributed by atoms with E-state index in [2.05, 4.69) is 5.32 Å². The average Bonchev–Trinajstić information content (AvgIpc) is 2.66. The number of fused-ring (bicyclic) bond motifs is 1. The van der Waals surface area contributed by atoms with Crippen LogP contribution in [0.15, 0.2) is 36.4 Å². The molecule has 1 atom stereocenters. The number of sulfonamides is 1. The monoisotopic (exact) mass is 418 g/mol. The lowest BCUT2D eigenvalue weighted by Gasteiger charge is -2.25. The highest BCUT2D eigenvalue weighted by Crippen LogP contribution is 2.34. The van der Waals surface area contributed by atoms with Gasteiger partial charge in [-0.15, -0.1) is 0 Å². The molecule has 29 heavy (non-hydrogen) atoms. The van der Waals surface area contributed by atoms with Crippen LogP contribution in [0.1, 0.15) is 29.7 Å². The minimum atomic E-state index is -3.68. The lowest BCUT2D eigenvalue weighted by molar-refractivity contribution is -0.120. The number of ether oxygens (including phenoxy) is 2. The second-order valence-electron chi connectivity index (χ2n) is 7.25. The average molecular weight is 419 g/mol. The Morgan fingerprint density at radius 1 is 1.10 bits per heavy atom. The summed E-state index contributed by atoms with van der Waals surface area (Å²) in [7, 11) is -3.68. The van der Waals surface area contributed by atoms with Crippen LogP contribution in [0, 0.1) is 13.8 Å². The molecule has 0 saturated carbocycles. The van der Waals surface area contributed by atoms with Crippen LogP contribution >= 0.6 is 0 Å². The van der Waals surface area contributed by atoms with Crippen molar-refractivity contribution in [3.05, 3.63) is 53.1 Å². The van der Waals surface area contributed by atoms with Gasteiger partial charge in [0.15, 0.2) is 11.5 Å². The number of hydrogen-bond donors (Lipinski definition) is 1. The first kappa shape index (κ1) is 21.0. The van der Waals surface area contributed by atoms with Gasteiger partial charge in [-0.2, -0.15) is 0 Å². The van der Waals surface area contributed by atoms with Crippen molar-refractivity contribution in [2.24, 2.45) is 0 Å². The minimum Gasteiger partial charge on any atom is -0.486 e. The highest BCUT2D eigenvalue weighted by Gasteiger charge is 2.24. The molecule has 8 heteroatoms. The van der Waals surface area contributed by atoms with E-state index in [-0.39, 0.29) is 12.6 Å². The van der Waals surface area contributed by atoms with Crippen molar-refractivity contribution in [2.75, 3.05) is 30.3 Å². The Morgan fingerprint density at radius 3 is 2.48 bits per heavy atom. The third-order valence-corrected chi connectivity index (χ3v) is 5.92. The molecule has 0 fully saturated rings. The SMILES string of the molecule is Cc1ccc(C)c([C@@H](C)NC(=O)CN(c2ccc3c(c2)OCCO3)S(C)(=O)=O)c1. The highest BCUT2D eigenvalue weighted by molar-refractivity contribution is 7.92. The van der Waals surface area contributed by atoms with Crippen LogP contribution in [0.2, 0.25) is 0 Å². The first-order valence-electron chi connectivity index (χ1n) is 9.39. The maximum atomic E-state index is 12.7. The topological polar surface area (TPSA) is 84.9 Å². The quantitative estimate of drug-likeness (QED) is 0.780. The molecular weight excluding hydrogens is 392 g/mol. The van der Waals surface area contributed by atoms with E-state index < -0.39 is 15.9 Å². The maximum absolute atomic E-state index is 12.7. The molecule has 0 aliphatic carbocycles. The summed E-state index contributed by atoms with van der Waals surface area (Å²) in [6.45, 7) is 6.37. The highest BCUT2D eigenvalue weighted by atomic mass is 32.2. The zero-order valence-electron chi connectivity index (χ0n) is 17.1. The first-order chi connectivity index (χ1) is 13.6. The van der Waals surface area contributed by atoms with Crippen LogP contribution in [-0.2, 0) is 14.8 Å². The Hall–Kier alpha value is -2.74. The van der Waals surface area contributed by atoms with E-state index in [0.717, 1.165) is 27.3 Å². The number of nitrogens with one attached hydrogen (secondary N) is 1. The molecule has 2 aromatic carbocycles. The molecule has 0 aromatic heterocycles. The van der Waals surface area contributed by atoms with Crippen LogP contribution in [0.25, 0.3) is 0 Å². The molecule has 1 heterocycles. The Bertz CT molecular complexity index is 1020. The molecule has 0 bridgehead atoms. The number of aryl methyl sites for hydroxylation is 2. The Labute approximate surface area is 171 Å². The zero-order valence-corrected chi connectivity index (χ0v) is 17.9. The van der Waals surface area contributed by atoms with E-state index in [1.807, 2.05) is 39.0 Å². The molecular formula is C21H26N2O5S. The molecule has 1 N–H and O–H groups in total. The second kappa shape index (κ2) is 8.32. The largest absolute Gasteiger partial charge is 0.486 e. The summed E-state index contributed by atoms with van der Waals surface area (Å²) in [6.07, 6.45) is 1.07. The van der Waals surface area contributed by atoms with Crippen LogP contribution in [-0.4, -0.2) is 40.3 Å². The fourth-order valence-electron chi connectivity index (χ4n) is 3.31. The third kappa shape index (κ3) is 5.00. The van der Waals surface area contributed by atoms with Gasteiger partial charge in [0, 0.05) is 6.07 Å². The smallest absolute Gasteiger partial charge is 0.241 e. The van der Waals surface area contributed by atoms with Gasteiger partial charge < -0.3 is 14.8 Å². The van der Waals surface area contributed by atoms with Crippen LogP contribution < -0.4 is 19.1 Å². The van der Waals surface area contributed by atoms with E-state index in [1.165, 1.54) is 0 Å². The lowest BCUT2D eigenvalue weighted by Crippen LogP contribution is -2.41. The predicted octanol–water partition coefficient (Wildman–Crippen LogP) is 2.72. The molecule has 1 aliphatic heterocycles. The van der Waals surface area contributed by atoms with E-state index in [9.17, 15) is 13.2 Å². The van der Waals surface area contributed by atoms with Gasteiger partial charge in [0.1, 0.15) is 19.8 Å². The molecule has 0 saturated heterocycles.